The molecular formula is C13H14F3N3O4S. The van der Waals surface area contributed by atoms with Crippen LogP contribution < -0.4 is 0 Å². The van der Waals surface area contributed by atoms with Crippen LogP contribution in [0.5, 0.6) is 0 Å². The van der Waals surface area contributed by atoms with E-state index in [1.165, 1.54) is 0 Å². The number of morpholine rings is 1. The SMILES string of the molecule is Cc1cc(C)c2nonc2c1S(=O)(=O)N1CCOC(C(F)(F)F)C1. The van der Waals surface area contributed by atoms with Crippen LogP contribution in [0.15, 0.2) is 15.6 Å². The number of benzene rings is 1. The molecule has 0 amide bonds. The van der Waals surface area contributed by atoms with E-state index in [4.69, 9.17) is 0 Å². The first-order valence-electron chi connectivity index (χ1n) is 7.03. The quantitative estimate of drug-likeness (QED) is 0.807. The van der Waals surface area contributed by atoms with Gasteiger partial charge < -0.3 is 4.74 Å². The monoisotopic (exact) mass is 365 g/mol. The summed E-state index contributed by atoms with van der Waals surface area (Å²) in [7, 11) is -4.21. The Labute approximate surface area is 135 Å². The summed E-state index contributed by atoms with van der Waals surface area (Å²) in [4.78, 5) is -0.188. The smallest absolute Gasteiger partial charge is 0.366 e. The lowest BCUT2D eigenvalue weighted by molar-refractivity contribution is -0.231. The van der Waals surface area contributed by atoms with Gasteiger partial charge in [-0.25, -0.2) is 13.0 Å². The van der Waals surface area contributed by atoms with Crippen LogP contribution in [0.4, 0.5) is 13.2 Å². The largest absolute Gasteiger partial charge is 0.415 e. The van der Waals surface area contributed by atoms with Gasteiger partial charge in [0.05, 0.1) is 6.61 Å². The zero-order valence-corrected chi connectivity index (χ0v) is 13.6. The van der Waals surface area contributed by atoms with Gasteiger partial charge in [-0.2, -0.15) is 17.5 Å². The Morgan fingerprint density at radius 3 is 2.54 bits per heavy atom. The van der Waals surface area contributed by atoms with Crippen LogP contribution in [0.1, 0.15) is 11.1 Å². The molecule has 24 heavy (non-hydrogen) atoms. The Morgan fingerprint density at radius 2 is 1.88 bits per heavy atom. The highest BCUT2D eigenvalue weighted by Gasteiger charge is 2.46. The van der Waals surface area contributed by atoms with Crippen LogP contribution in [-0.4, -0.2) is 55.0 Å². The fourth-order valence-electron chi connectivity index (χ4n) is 2.74. The maximum atomic E-state index is 12.9. The lowest BCUT2D eigenvalue weighted by Crippen LogP contribution is -2.51. The maximum Gasteiger partial charge on any atom is 0.415 e. The van der Waals surface area contributed by atoms with Crippen LogP contribution in [0, 0.1) is 13.8 Å². The lowest BCUT2D eigenvalue weighted by atomic mass is 10.1. The second-order valence-electron chi connectivity index (χ2n) is 5.57. The fourth-order valence-corrected chi connectivity index (χ4v) is 4.49. The average Bonchev–Trinajstić information content (AvgIpc) is 2.95. The molecule has 0 N–H and O–H groups in total. The summed E-state index contributed by atoms with van der Waals surface area (Å²) in [5, 5.41) is 7.28. The highest BCUT2D eigenvalue weighted by atomic mass is 32.2. The first-order chi connectivity index (χ1) is 11.1. The molecule has 1 aromatic carbocycles. The number of alkyl halides is 3. The van der Waals surface area contributed by atoms with Crippen LogP contribution in [0.2, 0.25) is 0 Å². The third-order valence-corrected chi connectivity index (χ3v) is 5.90. The molecule has 0 aliphatic carbocycles. The molecule has 11 heteroatoms. The number of sulfonamides is 1. The molecule has 0 spiro atoms. The van der Waals surface area contributed by atoms with Crippen molar-refractivity contribution in [1.29, 1.82) is 0 Å². The Bertz CT molecular complexity index is 878. The topological polar surface area (TPSA) is 85.5 Å². The summed E-state index contributed by atoms with van der Waals surface area (Å²) in [5.41, 5.74) is 1.31. The van der Waals surface area contributed by atoms with E-state index in [1.54, 1.807) is 19.9 Å². The lowest BCUT2D eigenvalue weighted by Gasteiger charge is -2.33. The molecule has 1 unspecified atom stereocenters. The van der Waals surface area contributed by atoms with Crippen molar-refractivity contribution >= 4 is 21.1 Å². The Balaban J connectivity index is 2.07. The van der Waals surface area contributed by atoms with Crippen molar-refractivity contribution in [3.63, 3.8) is 0 Å². The van der Waals surface area contributed by atoms with E-state index in [0.717, 1.165) is 4.31 Å². The van der Waals surface area contributed by atoms with Crippen LogP contribution >= 0.6 is 0 Å². The van der Waals surface area contributed by atoms with Gasteiger partial charge in [-0.05, 0) is 35.3 Å². The van der Waals surface area contributed by atoms with Crippen molar-refractivity contribution < 1.29 is 31.0 Å². The van der Waals surface area contributed by atoms with Crippen LogP contribution in [0.3, 0.4) is 0 Å². The van der Waals surface area contributed by atoms with E-state index < -0.39 is 28.8 Å². The third-order valence-electron chi connectivity index (χ3n) is 3.86. The van der Waals surface area contributed by atoms with Gasteiger partial charge in [0.25, 0.3) is 0 Å². The van der Waals surface area contributed by atoms with Crippen molar-refractivity contribution in [2.45, 2.75) is 31.0 Å². The van der Waals surface area contributed by atoms with Gasteiger partial charge in [0, 0.05) is 13.1 Å². The molecule has 2 heterocycles. The zero-order valence-electron chi connectivity index (χ0n) is 12.8. The van der Waals surface area contributed by atoms with Crippen molar-refractivity contribution in [2.75, 3.05) is 19.7 Å². The molecule has 1 aliphatic rings. The van der Waals surface area contributed by atoms with Crippen molar-refractivity contribution in [3.05, 3.63) is 17.2 Å². The number of hydrogen-bond acceptors (Lipinski definition) is 6. The summed E-state index contributed by atoms with van der Waals surface area (Å²) in [5.74, 6) is 0. The molecule has 1 saturated heterocycles. The van der Waals surface area contributed by atoms with Crippen LogP contribution in [-0.2, 0) is 14.8 Å². The predicted molar refractivity (Wildman–Crippen MR) is 75.8 cm³/mol. The Hall–Kier alpha value is -1.72. The van der Waals surface area contributed by atoms with Gasteiger partial charge in [0.15, 0.2) is 11.6 Å². The molecule has 0 saturated carbocycles. The Kier molecular flexibility index (Phi) is 4.04. The maximum absolute atomic E-state index is 12.9. The highest BCUT2D eigenvalue weighted by Crippen LogP contribution is 2.32. The van der Waals surface area contributed by atoms with Crippen molar-refractivity contribution in [2.24, 2.45) is 0 Å². The molecule has 1 aromatic heterocycles. The van der Waals surface area contributed by atoms with E-state index in [0.29, 0.717) is 11.1 Å². The number of rotatable bonds is 2. The number of ether oxygens (including phenoxy) is 1. The van der Waals surface area contributed by atoms with E-state index in [2.05, 4.69) is 19.7 Å². The minimum Gasteiger partial charge on any atom is -0.366 e. The second-order valence-corrected chi connectivity index (χ2v) is 7.44. The number of aromatic nitrogens is 2. The molecule has 1 atom stereocenters. The summed E-state index contributed by atoms with van der Waals surface area (Å²) in [6.45, 7) is 1.95. The minimum atomic E-state index is -4.64. The fraction of sp³-hybridized carbons (Fsp3) is 0.538. The normalized spacial score (nSPS) is 20.6. The van der Waals surface area contributed by atoms with E-state index in [1.807, 2.05) is 0 Å². The minimum absolute atomic E-state index is 0.0163. The third kappa shape index (κ3) is 2.76. The first-order valence-corrected chi connectivity index (χ1v) is 8.47. The summed E-state index contributed by atoms with van der Waals surface area (Å²) in [6, 6.07) is 1.58. The molecule has 3 rings (SSSR count). The molecule has 0 radical (unpaired) electrons. The molecule has 1 fully saturated rings. The molecule has 1 aliphatic heterocycles. The Morgan fingerprint density at radius 1 is 1.21 bits per heavy atom. The number of hydrogen-bond donors (Lipinski definition) is 0. The summed E-state index contributed by atoms with van der Waals surface area (Å²) >= 11 is 0. The van der Waals surface area contributed by atoms with Crippen LogP contribution in [0.25, 0.3) is 11.0 Å². The first kappa shape index (κ1) is 17.1. The number of fused-ring (bicyclic) bond motifs is 1. The van der Waals surface area contributed by atoms with Gasteiger partial charge in [-0.15, -0.1) is 0 Å². The van der Waals surface area contributed by atoms with E-state index in [9.17, 15) is 21.6 Å². The standard InChI is InChI=1S/C13H14F3N3O4S/c1-7-5-8(2)12(11-10(7)17-23-18-11)24(20,21)19-3-4-22-9(6-19)13(14,15)16/h5,9H,3-4,6H2,1-2H3. The van der Waals surface area contributed by atoms with E-state index >= 15 is 0 Å². The molecule has 7 nitrogen and oxygen atoms in total. The van der Waals surface area contributed by atoms with E-state index in [-0.39, 0.29) is 29.1 Å². The van der Waals surface area contributed by atoms with Gasteiger partial charge in [-0.1, -0.05) is 6.07 Å². The molecule has 2 aromatic rings. The summed E-state index contributed by atoms with van der Waals surface area (Å²) < 4.78 is 74.4. The second kappa shape index (κ2) is 5.67. The van der Waals surface area contributed by atoms with Gasteiger partial charge in [0.2, 0.25) is 10.0 Å². The van der Waals surface area contributed by atoms with Gasteiger partial charge in [-0.3, -0.25) is 0 Å². The van der Waals surface area contributed by atoms with Crippen molar-refractivity contribution in [3.8, 4) is 0 Å². The predicted octanol–water partition coefficient (Wildman–Crippen LogP) is 1.79. The number of nitrogens with zero attached hydrogens (tertiary/aromatic N) is 3. The zero-order chi connectivity index (χ0) is 17.7. The molecular weight excluding hydrogens is 351 g/mol. The molecule has 0 bridgehead atoms. The van der Waals surface area contributed by atoms with Crippen molar-refractivity contribution in [1.82, 2.24) is 14.6 Å². The highest BCUT2D eigenvalue weighted by molar-refractivity contribution is 7.89. The average molecular weight is 365 g/mol. The van der Waals surface area contributed by atoms with Gasteiger partial charge in [0.1, 0.15) is 10.4 Å². The van der Waals surface area contributed by atoms with Gasteiger partial charge >= 0.3 is 6.18 Å². The summed E-state index contributed by atoms with van der Waals surface area (Å²) in [6.07, 6.45) is -6.79. The molecule has 132 valence electrons. The number of halogens is 3. The number of aryl methyl sites for hydroxylation is 2.